The molecule has 3 aromatic rings. The molecule has 4 heteroatoms. The first-order valence-corrected chi connectivity index (χ1v) is 7.51. The summed E-state index contributed by atoms with van der Waals surface area (Å²) < 4.78 is 7.27. The topological polar surface area (TPSA) is 40.7 Å². The van der Waals surface area contributed by atoms with Crippen LogP contribution in [0.5, 0.6) is 5.75 Å². The Labute approximate surface area is 136 Å². The van der Waals surface area contributed by atoms with Gasteiger partial charge >= 0.3 is 0 Å². The van der Waals surface area contributed by atoms with Crippen molar-refractivity contribution in [2.45, 2.75) is 13.1 Å². The van der Waals surface area contributed by atoms with E-state index in [0.29, 0.717) is 0 Å². The summed E-state index contributed by atoms with van der Waals surface area (Å²) in [6.07, 6.45) is 4.01. The van der Waals surface area contributed by atoms with Gasteiger partial charge < -0.3 is 9.14 Å². The average Bonchev–Trinajstić information content (AvgIpc) is 2.91. The molecule has 0 aliphatic carbocycles. The number of rotatable bonds is 5. The molecule has 0 N–H and O–H groups in total. The first-order chi connectivity index (χ1) is 11.2. The third-order valence-electron chi connectivity index (χ3n) is 3.90. The van der Waals surface area contributed by atoms with Crippen LogP contribution < -0.4 is 4.74 Å². The van der Waals surface area contributed by atoms with E-state index in [1.54, 1.807) is 7.11 Å². The van der Waals surface area contributed by atoms with E-state index in [4.69, 9.17) is 4.74 Å². The third-order valence-corrected chi connectivity index (χ3v) is 3.90. The van der Waals surface area contributed by atoms with Crippen molar-refractivity contribution in [1.29, 1.82) is 5.26 Å². The average molecular weight is 305 g/mol. The van der Waals surface area contributed by atoms with Gasteiger partial charge in [0.15, 0.2) is 0 Å². The van der Waals surface area contributed by atoms with Crippen LogP contribution in [0.1, 0.15) is 16.7 Å². The Morgan fingerprint density at radius 2 is 2.04 bits per heavy atom. The van der Waals surface area contributed by atoms with Crippen LogP contribution in [-0.4, -0.2) is 23.5 Å². The number of fused-ring (bicyclic) bond motifs is 1. The first kappa shape index (κ1) is 15.1. The van der Waals surface area contributed by atoms with Gasteiger partial charge in [-0.25, -0.2) is 0 Å². The zero-order valence-corrected chi connectivity index (χ0v) is 13.4. The van der Waals surface area contributed by atoms with Crippen LogP contribution in [0.2, 0.25) is 0 Å². The number of ether oxygens (including phenoxy) is 1. The van der Waals surface area contributed by atoms with Gasteiger partial charge in [-0.05, 0) is 36.9 Å². The van der Waals surface area contributed by atoms with E-state index in [0.717, 1.165) is 35.5 Å². The molecule has 4 nitrogen and oxygen atoms in total. The van der Waals surface area contributed by atoms with E-state index < -0.39 is 0 Å². The van der Waals surface area contributed by atoms with E-state index in [1.165, 1.54) is 5.56 Å². The molecule has 0 saturated heterocycles. The molecule has 3 rings (SSSR count). The summed E-state index contributed by atoms with van der Waals surface area (Å²) in [6.45, 7) is 1.52. The molecule has 116 valence electrons. The highest BCUT2D eigenvalue weighted by Gasteiger charge is 2.12. The van der Waals surface area contributed by atoms with Gasteiger partial charge in [0.1, 0.15) is 11.8 Å². The normalized spacial score (nSPS) is 10.9. The molecule has 1 aromatic carbocycles. The van der Waals surface area contributed by atoms with E-state index in [2.05, 4.69) is 24.1 Å². The molecular formula is C19H19N3O. The van der Waals surface area contributed by atoms with Crippen molar-refractivity contribution in [2.75, 3.05) is 14.2 Å². The molecule has 0 aliphatic rings. The van der Waals surface area contributed by atoms with Crippen molar-refractivity contribution in [2.24, 2.45) is 0 Å². The summed E-state index contributed by atoms with van der Waals surface area (Å²) in [5, 5.41) is 9.48. The van der Waals surface area contributed by atoms with Crippen LogP contribution in [0.15, 0.2) is 54.9 Å². The lowest BCUT2D eigenvalue weighted by Gasteiger charge is -2.16. The minimum absolute atomic E-state index is 0.724. The Kier molecular flexibility index (Phi) is 4.31. The maximum Gasteiger partial charge on any atom is 0.119 e. The molecule has 23 heavy (non-hydrogen) atoms. The maximum atomic E-state index is 9.48. The van der Waals surface area contributed by atoms with Crippen molar-refractivity contribution in [3.63, 3.8) is 0 Å². The fourth-order valence-electron chi connectivity index (χ4n) is 2.86. The van der Waals surface area contributed by atoms with E-state index in [-0.39, 0.29) is 0 Å². The van der Waals surface area contributed by atoms with Crippen LogP contribution in [0.3, 0.4) is 0 Å². The van der Waals surface area contributed by atoms with Crippen molar-refractivity contribution in [3.05, 3.63) is 71.5 Å². The van der Waals surface area contributed by atoms with Crippen molar-refractivity contribution in [3.8, 4) is 11.8 Å². The molecule has 0 radical (unpaired) electrons. The van der Waals surface area contributed by atoms with E-state index >= 15 is 0 Å². The number of pyridine rings is 1. The van der Waals surface area contributed by atoms with Crippen molar-refractivity contribution in [1.82, 2.24) is 9.30 Å². The van der Waals surface area contributed by atoms with Crippen molar-refractivity contribution >= 4 is 5.52 Å². The van der Waals surface area contributed by atoms with Gasteiger partial charge in [0.25, 0.3) is 0 Å². The summed E-state index contributed by atoms with van der Waals surface area (Å²) >= 11 is 0. The van der Waals surface area contributed by atoms with Gasteiger partial charge in [0.05, 0.1) is 18.2 Å². The predicted molar refractivity (Wildman–Crippen MR) is 90.3 cm³/mol. The van der Waals surface area contributed by atoms with E-state index in [9.17, 15) is 5.26 Å². The van der Waals surface area contributed by atoms with Crippen LogP contribution in [0, 0.1) is 11.3 Å². The van der Waals surface area contributed by atoms with E-state index in [1.807, 2.05) is 53.2 Å². The number of hydrogen-bond donors (Lipinski definition) is 0. The molecule has 0 unspecified atom stereocenters. The Morgan fingerprint density at radius 1 is 1.17 bits per heavy atom. The standard InChI is InChI=1S/C19H19N3O/c1-21(12-15-6-5-7-17(10-15)23-2)13-16-14-22-9-4-3-8-19(22)18(16)11-20/h3-10,14H,12-13H2,1-2H3. The van der Waals surface area contributed by atoms with Gasteiger partial charge in [0, 0.05) is 31.0 Å². The number of nitrogens with zero attached hydrogens (tertiary/aromatic N) is 3. The van der Waals surface area contributed by atoms with Gasteiger partial charge in [-0.1, -0.05) is 18.2 Å². The molecule has 0 spiro atoms. The second-order valence-corrected chi connectivity index (χ2v) is 5.66. The minimum atomic E-state index is 0.724. The SMILES string of the molecule is COc1cccc(CN(C)Cc2cn3ccccc3c2C#N)c1. The molecule has 0 amide bonds. The predicted octanol–water partition coefficient (Wildman–Crippen LogP) is 3.45. The smallest absolute Gasteiger partial charge is 0.119 e. The lowest BCUT2D eigenvalue weighted by Crippen LogP contribution is -2.17. The minimum Gasteiger partial charge on any atom is -0.497 e. The second kappa shape index (κ2) is 6.55. The fourth-order valence-corrected chi connectivity index (χ4v) is 2.86. The number of aromatic nitrogens is 1. The van der Waals surface area contributed by atoms with Crippen LogP contribution in [-0.2, 0) is 13.1 Å². The van der Waals surface area contributed by atoms with Crippen LogP contribution in [0.25, 0.3) is 5.52 Å². The molecule has 0 bridgehead atoms. The lowest BCUT2D eigenvalue weighted by molar-refractivity contribution is 0.318. The molecular weight excluding hydrogens is 286 g/mol. The highest BCUT2D eigenvalue weighted by atomic mass is 16.5. The Hall–Kier alpha value is -2.77. The van der Waals surface area contributed by atoms with Crippen LogP contribution >= 0.6 is 0 Å². The summed E-state index contributed by atoms with van der Waals surface area (Å²) in [4.78, 5) is 2.20. The fraction of sp³-hybridized carbons (Fsp3) is 0.211. The summed E-state index contributed by atoms with van der Waals surface area (Å²) in [7, 11) is 3.73. The Balaban J connectivity index is 1.80. The first-order valence-electron chi connectivity index (χ1n) is 7.51. The van der Waals surface area contributed by atoms with Gasteiger partial charge in [-0.3, -0.25) is 4.90 Å². The van der Waals surface area contributed by atoms with Crippen molar-refractivity contribution < 1.29 is 4.74 Å². The molecule has 2 aromatic heterocycles. The molecule has 0 fully saturated rings. The summed E-state index contributed by atoms with van der Waals surface area (Å²) in [5.41, 5.74) is 3.95. The number of hydrogen-bond acceptors (Lipinski definition) is 3. The molecule has 0 saturated carbocycles. The Bertz CT molecular complexity index is 860. The highest BCUT2D eigenvalue weighted by Crippen LogP contribution is 2.20. The summed E-state index contributed by atoms with van der Waals surface area (Å²) in [5.74, 6) is 0.864. The van der Waals surface area contributed by atoms with Crippen LogP contribution in [0.4, 0.5) is 0 Å². The lowest BCUT2D eigenvalue weighted by atomic mass is 10.1. The second-order valence-electron chi connectivity index (χ2n) is 5.66. The maximum absolute atomic E-state index is 9.48. The number of methoxy groups -OCH3 is 1. The summed E-state index contributed by atoms with van der Waals surface area (Å²) in [6, 6.07) is 16.3. The molecule has 0 aliphatic heterocycles. The third kappa shape index (κ3) is 3.20. The zero-order chi connectivity index (χ0) is 16.2. The largest absolute Gasteiger partial charge is 0.497 e. The Morgan fingerprint density at radius 3 is 2.83 bits per heavy atom. The highest BCUT2D eigenvalue weighted by molar-refractivity contribution is 5.65. The number of benzene rings is 1. The quantitative estimate of drug-likeness (QED) is 0.725. The molecule has 2 heterocycles. The zero-order valence-electron chi connectivity index (χ0n) is 13.4. The monoisotopic (exact) mass is 305 g/mol. The number of nitriles is 1. The van der Waals surface area contributed by atoms with Gasteiger partial charge in [-0.2, -0.15) is 5.26 Å². The van der Waals surface area contributed by atoms with Gasteiger partial charge in [-0.15, -0.1) is 0 Å². The molecule has 0 atom stereocenters. The van der Waals surface area contributed by atoms with Gasteiger partial charge in [0.2, 0.25) is 0 Å².